The molecule has 0 bridgehead atoms. The number of thiocarbonyl (C=S) groups is 1. The maximum atomic E-state index is 12.5. The van der Waals surface area contributed by atoms with Crippen molar-refractivity contribution in [3.8, 4) is 0 Å². The van der Waals surface area contributed by atoms with Crippen molar-refractivity contribution in [1.82, 2.24) is 0 Å². The fourth-order valence-electron chi connectivity index (χ4n) is 2.93. The molecule has 0 unspecified atom stereocenters. The van der Waals surface area contributed by atoms with Crippen molar-refractivity contribution in [3.05, 3.63) is 29.8 Å². The number of hydrogen-bond acceptors (Lipinski definition) is 2. The second-order valence-electron chi connectivity index (χ2n) is 7.24. The molecule has 1 saturated carbocycles. The van der Waals surface area contributed by atoms with E-state index < -0.39 is 5.41 Å². The highest BCUT2D eigenvalue weighted by Crippen LogP contribution is 2.46. The van der Waals surface area contributed by atoms with Gasteiger partial charge in [0.25, 0.3) is 0 Å². The van der Waals surface area contributed by atoms with Crippen molar-refractivity contribution in [2.24, 2.45) is 17.1 Å². The SMILES string of the molecule is CC1CC(C(=O)Nc2ccc(C(C)(C)C)cc2)(C(N)=S)C1. The molecule has 1 aliphatic rings. The van der Waals surface area contributed by atoms with Gasteiger partial charge in [-0.05, 0) is 41.9 Å². The number of hydrogen-bond donors (Lipinski definition) is 2. The minimum Gasteiger partial charge on any atom is -0.392 e. The van der Waals surface area contributed by atoms with Gasteiger partial charge in [0.05, 0.1) is 10.4 Å². The number of carbonyl (C=O) groups is 1. The van der Waals surface area contributed by atoms with E-state index in [1.54, 1.807) is 0 Å². The van der Waals surface area contributed by atoms with Gasteiger partial charge in [-0.2, -0.15) is 0 Å². The predicted octanol–water partition coefficient (Wildman–Crippen LogP) is 3.63. The van der Waals surface area contributed by atoms with Crippen molar-refractivity contribution in [3.63, 3.8) is 0 Å². The summed E-state index contributed by atoms with van der Waals surface area (Å²) in [6, 6.07) is 7.97. The Morgan fingerprint density at radius 2 is 1.81 bits per heavy atom. The summed E-state index contributed by atoms with van der Waals surface area (Å²) in [4.78, 5) is 12.8. The van der Waals surface area contributed by atoms with Gasteiger partial charge in [0, 0.05) is 5.69 Å². The van der Waals surface area contributed by atoms with Crippen molar-refractivity contribution in [2.45, 2.75) is 46.0 Å². The number of rotatable bonds is 3. The highest BCUT2D eigenvalue weighted by Gasteiger charge is 2.50. The molecule has 1 amide bonds. The normalized spacial score (nSPS) is 25.0. The quantitative estimate of drug-likeness (QED) is 0.839. The Bertz CT molecular complexity index is 551. The molecule has 0 aromatic heterocycles. The molecule has 114 valence electrons. The van der Waals surface area contributed by atoms with Gasteiger partial charge in [-0.1, -0.05) is 52.0 Å². The molecule has 21 heavy (non-hydrogen) atoms. The maximum Gasteiger partial charge on any atom is 0.237 e. The molecule has 1 fully saturated rings. The van der Waals surface area contributed by atoms with Gasteiger partial charge in [0.1, 0.15) is 0 Å². The van der Waals surface area contributed by atoms with Crippen LogP contribution in [0.1, 0.15) is 46.1 Å². The molecule has 1 aliphatic carbocycles. The summed E-state index contributed by atoms with van der Waals surface area (Å²) in [5, 5.41) is 2.96. The molecule has 1 aromatic carbocycles. The first-order chi connectivity index (χ1) is 9.65. The van der Waals surface area contributed by atoms with Crippen LogP contribution < -0.4 is 11.1 Å². The number of anilines is 1. The van der Waals surface area contributed by atoms with Crippen LogP contribution >= 0.6 is 12.2 Å². The first-order valence-electron chi connectivity index (χ1n) is 7.37. The van der Waals surface area contributed by atoms with E-state index >= 15 is 0 Å². The van der Waals surface area contributed by atoms with E-state index in [9.17, 15) is 4.79 Å². The lowest BCUT2D eigenvalue weighted by Gasteiger charge is -2.44. The van der Waals surface area contributed by atoms with Crippen LogP contribution in [0, 0.1) is 11.3 Å². The number of carbonyl (C=O) groups excluding carboxylic acids is 1. The Kier molecular flexibility index (Phi) is 4.11. The van der Waals surface area contributed by atoms with Gasteiger partial charge in [0.15, 0.2) is 0 Å². The van der Waals surface area contributed by atoms with Crippen molar-refractivity contribution >= 4 is 28.8 Å². The first-order valence-corrected chi connectivity index (χ1v) is 7.78. The standard InChI is InChI=1S/C17H24N2OS/c1-11-9-17(10-11,14(18)21)15(20)19-13-7-5-12(6-8-13)16(2,3)4/h5-8,11H,9-10H2,1-4H3,(H2,18,21)(H,19,20). The highest BCUT2D eigenvalue weighted by molar-refractivity contribution is 7.80. The molecule has 0 radical (unpaired) electrons. The van der Waals surface area contributed by atoms with Crippen molar-refractivity contribution in [2.75, 3.05) is 5.32 Å². The summed E-state index contributed by atoms with van der Waals surface area (Å²) >= 11 is 5.11. The van der Waals surface area contributed by atoms with Crippen LogP contribution in [0.4, 0.5) is 5.69 Å². The fourth-order valence-corrected chi connectivity index (χ4v) is 3.19. The summed E-state index contributed by atoms with van der Waals surface area (Å²) in [5.41, 5.74) is 7.28. The molecule has 0 spiro atoms. The van der Waals surface area contributed by atoms with E-state index in [1.165, 1.54) is 5.56 Å². The highest BCUT2D eigenvalue weighted by atomic mass is 32.1. The number of nitrogens with two attached hydrogens (primary N) is 1. The molecule has 3 nitrogen and oxygen atoms in total. The average Bonchev–Trinajstić information content (AvgIpc) is 2.33. The zero-order valence-corrected chi connectivity index (χ0v) is 14.0. The van der Waals surface area contributed by atoms with Crippen LogP contribution in [0.2, 0.25) is 0 Å². The molecule has 0 atom stereocenters. The minimum atomic E-state index is -0.655. The smallest absolute Gasteiger partial charge is 0.237 e. The van der Waals surface area contributed by atoms with E-state index in [4.69, 9.17) is 18.0 Å². The topological polar surface area (TPSA) is 55.1 Å². The second-order valence-corrected chi connectivity index (χ2v) is 7.68. The van der Waals surface area contributed by atoms with Gasteiger partial charge in [0.2, 0.25) is 5.91 Å². The lowest BCUT2D eigenvalue weighted by molar-refractivity contribution is -0.127. The van der Waals surface area contributed by atoms with Crippen LogP contribution in [0.25, 0.3) is 0 Å². The third kappa shape index (κ3) is 3.10. The van der Waals surface area contributed by atoms with Crippen molar-refractivity contribution in [1.29, 1.82) is 0 Å². The van der Waals surface area contributed by atoms with Crippen LogP contribution in [0.15, 0.2) is 24.3 Å². The van der Waals surface area contributed by atoms with E-state index in [0.29, 0.717) is 10.9 Å². The number of benzene rings is 1. The Hall–Kier alpha value is -1.42. The summed E-state index contributed by atoms with van der Waals surface area (Å²) in [6.07, 6.45) is 1.49. The van der Waals surface area contributed by atoms with Crippen LogP contribution in [0.3, 0.4) is 0 Å². The summed E-state index contributed by atoms with van der Waals surface area (Å²) in [6.45, 7) is 8.61. The molecule has 0 heterocycles. The second kappa shape index (κ2) is 5.41. The Morgan fingerprint density at radius 1 is 1.29 bits per heavy atom. The fraction of sp³-hybridized carbons (Fsp3) is 0.529. The van der Waals surface area contributed by atoms with Crippen LogP contribution in [0.5, 0.6) is 0 Å². The molecular formula is C17H24N2OS. The third-order valence-electron chi connectivity index (χ3n) is 4.31. The first kappa shape index (κ1) is 16.0. The minimum absolute atomic E-state index is 0.0726. The largest absolute Gasteiger partial charge is 0.392 e. The maximum absolute atomic E-state index is 12.5. The van der Waals surface area contributed by atoms with E-state index in [-0.39, 0.29) is 11.3 Å². The van der Waals surface area contributed by atoms with E-state index in [0.717, 1.165) is 18.5 Å². The molecule has 4 heteroatoms. The van der Waals surface area contributed by atoms with Gasteiger partial charge in [-0.25, -0.2) is 0 Å². The zero-order valence-electron chi connectivity index (χ0n) is 13.2. The summed E-state index contributed by atoms with van der Waals surface area (Å²) in [5.74, 6) is 0.428. The molecule has 2 rings (SSSR count). The molecule has 3 N–H and O–H groups in total. The average molecular weight is 304 g/mol. The van der Waals surface area contributed by atoms with Crippen molar-refractivity contribution < 1.29 is 4.79 Å². The zero-order chi connectivity index (χ0) is 15.8. The number of amides is 1. The van der Waals surface area contributed by atoms with Gasteiger partial charge < -0.3 is 11.1 Å². The van der Waals surface area contributed by atoms with Gasteiger partial charge in [-0.15, -0.1) is 0 Å². The Labute approximate surface area is 132 Å². The Morgan fingerprint density at radius 3 is 2.19 bits per heavy atom. The summed E-state index contributed by atoms with van der Waals surface area (Å²) < 4.78 is 0. The summed E-state index contributed by atoms with van der Waals surface area (Å²) in [7, 11) is 0. The molecular weight excluding hydrogens is 280 g/mol. The van der Waals surface area contributed by atoms with Gasteiger partial charge >= 0.3 is 0 Å². The monoisotopic (exact) mass is 304 g/mol. The van der Waals surface area contributed by atoms with Gasteiger partial charge in [-0.3, -0.25) is 4.79 Å². The predicted molar refractivity (Wildman–Crippen MR) is 91.4 cm³/mol. The van der Waals surface area contributed by atoms with E-state index in [2.05, 4.69) is 33.0 Å². The Balaban J connectivity index is 2.11. The van der Waals surface area contributed by atoms with Crippen LogP contribution in [-0.2, 0) is 10.2 Å². The van der Waals surface area contributed by atoms with Crippen LogP contribution in [-0.4, -0.2) is 10.9 Å². The molecule has 0 aliphatic heterocycles. The molecule has 1 aromatic rings. The number of nitrogens with one attached hydrogen (secondary N) is 1. The van der Waals surface area contributed by atoms with E-state index in [1.807, 2.05) is 24.3 Å². The third-order valence-corrected chi connectivity index (χ3v) is 4.70. The lowest BCUT2D eigenvalue weighted by atomic mass is 9.62. The lowest BCUT2D eigenvalue weighted by Crippen LogP contribution is -2.53. The molecule has 0 saturated heterocycles.